The molecule has 1 aromatic heterocycles. The summed E-state index contributed by atoms with van der Waals surface area (Å²) in [6.07, 6.45) is 7.48. The first kappa shape index (κ1) is 15.9. The molecule has 0 fully saturated rings. The van der Waals surface area contributed by atoms with Crippen LogP contribution in [-0.2, 0) is 24.9 Å². The summed E-state index contributed by atoms with van der Waals surface area (Å²) in [7, 11) is 0. The van der Waals surface area contributed by atoms with Crippen LogP contribution in [0, 0.1) is 0 Å². The highest BCUT2D eigenvalue weighted by Crippen LogP contribution is 2.36. The molecule has 4 rings (SSSR count). The summed E-state index contributed by atoms with van der Waals surface area (Å²) in [5.41, 5.74) is 2.58. The zero-order chi connectivity index (χ0) is 16.6. The summed E-state index contributed by atoms with van der Waals surface area (Å²) >= 11 is 1.63. The molecule has 0 spiro atoms. The van der Waals surface area contributed by atoms with Crippen molar-refractivity contribution in [3.8, 4) is 0 Å². The van der Waals surface area contributed by atoms with Crippen LogP contribution >= 0.6 is 11.3 Å². The molecule has 2 aliphatic carbocycles. The number of nitrogens with one attached hydrogen (secondary N) is 1. The minimum atomic E-state index is -0.930. The van der Waals surface area contributed by atoms with Crippen LogP contribution in [0.3, 0.4) is 0 Å². The molecular formula is C20H23NO2S. The Morgan fingerprint density at radius 1 is 1.12 bits per heavy atom. The van der Waals surface area contributed by atoms with Crippen molar-refractivity contribution in [3.05, 3.63) is 56.8 Å². The average molecular weight is 341 g/mol. The SMILES string of the molecule is O=C(NC[C@@]1(O)CCc2ccccc21)c1cc2c(s1)CCCCC2. The molecule has 2 N–H and O–H groups in total. The van der Waals surface area contributed by atoms with Crippen molar-refractivity contribution < 1.29 is 9.90 Å². The fourth-order valence-corrected chi connectivity index (χ4v) is 5.11. The lowest BCUT2D eigenvalue weighted by molar-refractivity contribution is 0.0370. The predicted molar refractivity (Wildman–Crippen MR) is 96.6 cm³/mol. The van der Waals surface area contributed by atoms with Crippen LogP contribution < -0.4 is 5.32 Å². The zero-order valence-electron chi connectivity index (χ0n) is 13.8. The van der Waals surface area contributed by atoms with Gasteiger partial charge in [-0.3, -0.25) is 4.79 Å². The van der Waals surface area contributed by atoms with E-state index in [9.17, 15) is 9.90 Å². The van der Waals surface area contributed by atoms with E-state index in [2.05, 4.69) is 17.4 Å². The van der Waals surface area contributed by atoms with Gasteiger partial charge in [0.1, 0.15) is 5.60 Å². The Balaban J connectivity index is 1.46. The molecule has 0 saturated heterocycles. The fourth-order valence-electron chi connectivity index (χ4n) is 3.94. The monoisotopic (exact) mass is 341 g/mol. The topological polar surface area (TPSA) is 49.3 Å². The van der Waals surface area contributed by atoms with Crippen LogP contribution in [0.15, 0.2) is 30.3 Å². The number of carbonyl (C=O) groups excluding carboxylic acids is 1. The first-order chi connectivity index (χ1) is 11.7. The molecule has 0 bridgehead atoms. The Hall–Kier alpha value is -1.65. The van der Waals surface area contributed by atoms with Gasteiger partial charge >= 0.3 is 0 Å². The maximum Gasteiger partial charge on any atom is 0.261 e. The van der Waals surface area contributed by atoms with Crippen molar-refractivity contribution in [1.29, 1.82) is 0 Å². The van der Waals surface area contributed by atoms with Crippen molar-refractivity contribution in [2.45, 2.75) is 50.5 Å². The van der Waals surface area contributed by atoms with E-state index in [0.29, 0.717) is 6.42 Å². The average Bonchev–Trinajstić information content (AvgIpc) is 3.08. The maximum atomic E-state index is 12.5. The molecule has 2 aromatic rings. The molecule has 0 saturated carbocycles. The normalized spacial score (nSPS) is 22.5. The Bertz CT molecular complexity index is 743. The third-order valence-corrected chi connectivity index (χ3v) is 6.57. The van der Waals surface area contributed by atoms with Gasteiger partial charge in [0.05, 0.1) is 11.4 Å². The summed E-state index contributed by atoms with van der Waals surface area (Å²) in [5, 5.41) is 13.9. The standard InChI is InChI=1S/C20H23NO2S/c22-19(18-12-15-7-2-1-3-9-17(15)24-18)21-13-20(23)11-10-14-6-4-5-8-16(14)20/h4-6,8,12,23H,1-3,7,9-11,13H2,(H,21,22)/t20-/m0/s1. The minimum absolute atomic E-state index is 0.0501. The van der Waals surface area contributed by atoms with Gasteiger partial charge in [-0.1, -0.05) is 30.7 Å². The summed E-state index contributed by atoms with van der Waals surface area (Å²) in [6.45, 7) is 0.283. The van der Waals surface area contributed by atoms with Crippen molar-refractivity contribution >= 4 is 17.2 Å². The Morgan fingerprint density at radius 3 is 2.88 bits per heavy atom. The van der Waals surface area contributed by atoms with Crippen LogP contribution in [0.5, 0.6) is 0 Å². The van der Waals surface area contributed by atoms with Gasteiger partial charge in [0.15, 0.2) is 0 Å². The largest absolute Gasteiger partial charge is 0.383 e. The second-order valence-electron chi connectivity index (χ2n) is 6.99. The van der Waals surface area contributed by atoms with Gasteiger partial charge in [0.25, 0.3) is 5.91 Å². The van der Waals surface area contributed by atoms with Crippen molar-refractivity contribution in [3.63, 3.8) is 0 Å². The van der Waals surface area contributed by atoms with Crippen LogP contribution in [0.4, 0.5) is 0 Å². The van der Waals surface area contributed by atoms with E-state index in [1.165, 1.54) is 35.3 Å². The molecule has 1 aromatic carbocycles. The van der Waals surface area contributed by atoms with E-state index in [-0.39, 0.29) is 12.5 Å². The summed E-state index contributed by atoms with van der Waals surface area (Å²) in [4.78, 5) is 14.7. The first-order valence-electron chi connectivity index (χ1n) is 8.86. The molecule has 3 nitrogen and oxygen atoms in total. The molecule has 1 atom stereocenters. The van der Waals surface area contributed by atoms with E-state index in [1.807, 2.05) is 18.2 Å². The van der Waals surface area contributed by atoms with E-state index in [1.54, 1.807) is 11.3 Å². The lowest BCUT2D eigenvalue weighted by Crippen LogP contribution is -2.39. The second kappa shape index (κ2) is 6.34. The minimum Gasteiger partial charge on any atom is -0.383 e. The van der Waals surface area contributed by atoms with Crippen LogP contribution in [0.25, 0.3) is 0 Å². The number of benzene rings is 1. The Morgan fingerprint density at radius 2 is 1.96 bits per heavy atom. The van der Waals surface area contributed by atoms with Gasteiger partial charge in [0.2, 0.25) is 0 Å². The van der Waals surface area contributed by atoms with Gasteiger partial charge in [-0.15, -0.1) is 11.3 Å². The highest BCUT2D eigenvalue weighted by molar-refractivity contribution is 7.14. The van der Waals surface area contributed by atoms with Gasteiger partial charge in [-0.05, 0) is 61.3 Å². The fraction of sp³-hybridized carbons (Fsp3) is 0.450. The molecule has 126 valence electrons. The quantitative estimate of drug-likeness (QED) is 0.839. The van der Waals surface area contributed by atoms with Crippen LogP contribution in [0.2, 0.25) is 0 Å². The van der Waals surface area contributed by atoms with Crippen molar-refractivity contribution in [1.82, 2.24) is 5.32 Å². The summed E-state index contributed by atoms with van der Waals surface area (Å²) in [5.74, 6) is -0.0501. The number of rotatable bonds is 3. The molecule has 0 unspecified atom stereocenters. The van der Waals surface area contributed by atoms with Crippen molar-refractivity contribution in [2.75, 3.05) is 6.54 Å². The predicted octanol–water partition coefficient (Wildman–Crippen LogP) is 3.58. The third kappa shape index (κ3) is 2.89. The van der Waals surface area contributed by atoms with E-state index in [0.717, 1.165) is 29.7 Å². The molecular weight excluding hydrogens is 318 g/mol. The molecule has 0 radical (unpaired) electrons. The number of aryl methyl sites for hydroxylation is 3. The van der Waals surface area contributed by atoms with Gasteiger partial charge in [-0.25, -0.2) is 0 Å². The number of hydrogen-bond acceptors (Lipinski definition) is 3. The molecule has 4 heteroatoms. The highest BCUT2D eigenvalue weighted by Gasteiger charge is 2.36. The number of thiophene rings is 1. The molecule has 2 aliphatic rings. The second-order valence-corrected chi connectivity index (χ2v) is 8.13. The first-order valence-corrected chi connectivity index (χ1v) is 9.68. The number of amides is 1. The third-order valence-electron chi connectivity index (χ3n) is 5.34. The van der Waals surface area contributed by atoms with Crippen molar-refractivity contribution in [2.24, 2.45) is 0 Å². The van der Waals surface area contributed by atoms with Gasteiger partial charge in [-0.2, -0.15) is 0 Å². The summed E-state index contributed by atoms with van der Waals surface area (Å²) in [6, 6.07) is 10.1. The van der Waals surface area contributed by atoms with Gasteiger partial charge in [0, 0.05) is 4.88 Å². The molecule has 24 heavy (non-hydrogen) atoms. The van der Waals surface area contributed by atoms with Gasteiger partial charge < -0.3 is 10.4 Å². The molecule has 1 heterocycles. The van der Waals surface area contributed by atoms with E-state index < -0.39 is 5.60 Å². The lowest BCUT2D eigenvalue weighted by Gasteiger charge is -2.24. The van der Waals surface area contributed by atoms with Crippen LogP contribution in [-0.4, -0.2) is 17.6 Å². The van der Waals surface area contributed by atoms with Crippen LogP contribution in [0.1, 0.15) is 56.9 Å². The maximum absolute atomic E-state index is 12.5. The number of fused-ring (bicyclic) bond motifs is 2. The number of hydrogen-bond donors (Lipinski definition) is 2. The van der Waals surface area contributed by atoms with E-state index >= 15 is 0 Å². The molecule has 0 aliphatic heterocycles. The Kier molecular flexibility index (Phi) is 4.19. The molecule has 1 amide bonds. The van der Waals surface area contributed by atoms with E-state index in [4.69, 9.17) is 0 Å². The number of aliphatic hydroxyl groups is 1. The number of carbonyl (C=O) groups is 1. The highest BCUT2D eigenvalue weighted by atomic mass is 32.1. The zero-order valence-corrected chi connectivity index (χ0v) is 14.6. The Labute approximate surface area is 146 Å². The lowest BCUT2D eigenvalue weighted by atomic mass is 9.96. The smallest absolute Gasteiger partial charge is 0.261 e. The summed E-state index contributed by atoms with van der Waals surface area (Å²) < 4.78 is 0.